The number of aromatic amines is 1. The largest absolute Gasteiger partial charge is 0.357 e. The van der Waals surface area contributed by atoms with E-state index in [0.717, 1.165) is 0 Å². The molecule has 0 fully saturated rings. The molecule has 1 aromatic heterocycles. The first-order valence-corrected chi connectivity index (χ1v) is 3.80. The number of aldehydes is 1. The summed E-state index contributed by atoms with van der Waals surface area (Å²) in [7, 11) is 0. The Bertz CT molecular complexity index is 328. The van der Waals surface area contributed by atoms with E-state index in [9.17, 15) is 9.59 Å². The summed E-state index contributed by atoms with van der Waals surface area (Å²) in [5, 5.41) is 2.58. The molecule has 0 aliphatic heterocycles. The van der Waals surface area contributed by atoms with E-state index < -0.39 is 0 Å². The standard InChI is InChI=1S/C9H10N2O2/c1-2-3-10-9(13)8-4-7(6-12)5-11-8/h2,4-6,11H,1,3H2,(H,10,13). The highest BCUT2D eigenvalue weighted by Crippen LogP contribution is 1.99. The Morgan fingerprint density at radius 2 is 2.46 bits per heavy atom. The summed E-state index contributed by atoms with van der Waals surface area (Å²) in [5.74, 6) is -0.243. The molecule has 4 heteroatoms. The van der Waals surface area contributed by atoms with Gasteiger partial charge < -0.3 is 10.3 Å². The number of hydrogen-bond acceptors (Lipinski definition) is 2. The summed E-state index contributed by atoms with van der Waals surface area (Å²) in [6, 6.07) is 1.49. The monoisotopic (exact) mass is 178 g/mol. The molecule has 1 rings (SSSR count). The molecule has 0 saturated carbocycles. The lowest BCUT2D eigenvalue weighted by atomic mass is 10.3. The number of H-pyrrole nitrogens is 1. The van der Waals surface area contributed by atoms with Gasteiger partial charge in [0.25, 0.3) is 5.91 Å². The van der Waals surface area contributed by atoms with Gasteiger partial charge in [0.1, 0.15) is 5.69 Å². The number of hydrogen-bond donors (Lipinski definition) is 2. The molecule has 0 aliphatic carbocycles. The van der Waals surface area contributed by atoms with Crippen LogP contribution in [0.2, 0.25) is 0 Å². The zero-order valence-corrected chi connectivity index (χ0v) is 7.04. The second-order valence-corrected chi connectivity index (χ2v) is 2.46. The van der Waals surface area contributed by atoms with Crippen LogP contribution in [0.25, 0.3) is 0 Å². The fraction of sp³-hybridized carbons (Fsp3) is 0.111. The van der Waals surface area contributed by atoms with Crippen LogP contribution in [0.1, 0.15) is 20.8 Å². The average Bonchev–Trinajstić information content (AvgIpc) is 2.62. The van der Waals surface area contributed by atoms with E-state index in [4.69, 9.17) is 0 Å². The predicted octanol–water partition coefficient (Wildman–Crippen LogP) is 0.743. The summed E-state index contributed by atoms with van der Waals surface area (Å²) in [4.78, 5) is 24.2. The van der Waals surface area contributed by atoms with Gasteiger partial charge in [-0.15, -0.1) is 6.58 Å². The molecule has 0 saturated heterocycles. The van der Waals surface area contributed by atoms with Crippen molar-refractivity contribution in [1.29, 1.82) is 0 Å². The van der Waals surface area contributed by atoms with Crippen molar-refractivity contribution >= 4 is 12.2 Å². The van der Waals surface area contributed by atoms with Crippen LogP contribution in [0.4, 0.5) is 0 Å². The van der Waals surface area contributed by atoms with Crippen molar-refractivity contribution < 1.29 is 9.59 Å². The first-order valence-electron chi connectivity index (χ1n) is 3.80. The lowest BCUT2D eigenvalue weighted by Gasteiger charge is -1.97. The minimum absolute atomic E-state index is 0.243. The number of rotatable bonds is 4. The number of carbonyl (C=O) groups is 2. The molecule has 0 atom stereocenters. The van der Waals surface area contributed by atoms with Crippen molar-refractivity contribution in [2.75, 3.05) is 6.54 Å². The first-order chi connectivity index (χ1) is 6.27. The maximum atomic E-state index is 11.2. The van der Waals surface area contributed by atoms with Gasteiger partial charge in [-0.1, -0.05) is 6.08 Å². The Hall–Kier alpha value is -1.84. The lowest BCUT2D eigenvalue weighted by Crippen LogP contribution is -2.23. The Labute approximate surface area is 75.6 Å². The predicted molar refractivity (Wildman–Crippen MR) is 48.7 cm³/mol. The highest BCUT2D eigenvalue weighted by molar-refractivity contribution is 5.94. The quantitative estimate of drug-likeness (QED) is 0.527. The summed E-state index contributed by atoms with van der Waals surface area (Å²) in [6.45, 7) is 3.88. The molecule has 0 aliphatic rings. The zero-order valence-electron chi connectivity index (χ0n) is 7.04. The molecule has 0 bridgehead atoms. The SMILES string of the molecule is C=CCNC(=O)c1cc(C=O)c[nH]1. The second kappa shape index (κ2) is 4.25. The van der Waals surface area contributed by atoms with Gasteiger partial charge in [-0.05, 0) is 6.07 Å². The summed E-state index contributed by atoms with van der Waals surface area (Å²) in [5.41, 5.74) is 0.840. The fourth-order valence-corrected chi connectivity index (χ4v) is 0.870. The summed E-state index contributed by atoms with van der Waals surface area (Å²) >= 11 is 0. The van der Waals surface area contributed by atoms with Crippen LogP contribution in [0.15, 0.2) is 24.9 Å². The number of aromatic nitrogens is 1. The maximum Gasteiger partial charge on any atom is 0.267 e. The molecule has 0 unspecified atom stereocenters. The van der Waals surface area contributed by atoms with Gasteiger partial charge >= 0.3 is 0 Å². The number of carbonyl (C=O) groups excluding carboxylic acids is 2. The van der Waals surface area contributed by atoms with E-state index >= 15 is 0 Å². The third-order valence-electron chi connectivity index (χ3n) is 1.49. The first kappa shape index (κ1) is 9.25. The topological polar surface area (TPSA) is 62.0 Å². The minimum Gasteiger partial charge on any atom is -0.357 e. The van der Waals surface area contributed by atoms with Crippen LogP contribution < -0.4 is 5.32 Å². The Balaban J connectivity index is 2.65. The fourth-order valence-electron chi connectivity index (χ4n) is 0.870. The van der Waals surface area contributed by atoms with E-state index in [2.05, 4.69) is 16.9 Å². The molecule has 0 radical (unpaired) electrons. The Morgan fingerprint density at radius 3 is 3.00 bits per heavy atom. The molecule has 1 amide bonds. The third-order valence-corrected chi connectivity index (χ3v) is 1.49. The van der Waals surface area contributed by atoms with E-state index in [1.807, 2.05) is 0 Å². The molecule has 13 heavy (non-hydrogen) atoms. The minimum atomic E-state index is -0.243. The van der Waals surface area contributed by atoms with Crippen LogP contribution in [0.5, 0.6) is 0 Å². The van der Waals surface area contributed by atoms with Gasteiger partial charge in [-0.25, -0.2) is 0 Å². The van der Waals surface area contributed by atoms with Gasteiger partial charge in [0.15, 0.2) is 6.29 Å². The highest BCUT2D eigenvalue weighted by atomic mass is 16.1. The molecule has 2 N–H and O–H groups in total. The summed E-state index contributed by atoms with van der Waals surface area (Å²) < 4.78 is 0. The maximum absolute atomic E-state index is 11.2. The van der Waals surface area contributed by atoms with Crippen LogP contribution in [0, 0.1) is 0 Å². The van der Waals surface area contributed by atoms with Gasteiger partial charge in [-0.3, -0.25) is 9.59 Å². The van der Waals surface area contributed by atoms with Crippen molar-refractivity contribution in [2.45, 2.75) is 0 Å². The highest BCUT2D eigenvalue weighted by Gasteiger charge is 2.05. The van der Waals surface area contributed by atoms with Crippen molar-refractivity contribution in [3.63, 3.8) is 0 Å². The van der Waals surface area contributed by atoms with E-state index in [0.29, 0.717) is 24.1 Å². The average molecular weight is 178 g/mol. The molecule has 0 spiro atoms. The summed E-state index contributed by atoms with van der Waals surface area (Å²) in [6.07, 6.45) is 3.75. The molecule has 1 aromatic rings. The lowest BCUT2D eigenvalue weighted by molar-refractivity contribution is 0.0953. The third kappa shape index (κ3) is 2.30. The van der Waals surface area contributed by atoms with E-state index in [1.165, 1.54) is 12.3 Å². The van der Waals surface area contributed by atoms with Crippen LogP contribution in [0.3, 0.4) is 0 Å². The zero-order chi connectivity index (χ0) is 9.68. The molecular weight excluding hydrogens is 168 g/mol. The van der Waals surface area contributed by atoms with Crippen LogP contribution >= 0.6 is 0 Å². The Morgan fingerprint density at radius 1 is 1.69 bits per heavy atom. The van der Waals surface area contributed by atoms with Crippen molar-refractivity contribution in [3.8, 4) is 0 Å². The van der Waals surface area contributed by atoms with Crippen LogP contribution in [-0.4, -0.2) is 23.7 Å². The number of amides is 1. The second-order valence-electron chi connectivity index (χ2n) is 2.46. The van der Waals surface area contributed by atoms with Gasteiger partial charge in [0, 0.05) is 18.3 Å². The molecule has 4 nitrogen and oxygen atoms in total. The smallest absolute Gasteiger partial charge is 0.267 e. The van der Waals surface area contributed by atoms with Gasteiger partial charge in [0.05, 0.1) is 0 Å². The van der Waals surface area contributed by atoms with Crippen molar-refractivity contribution in [3.05, 3.63) is 36.2 Å². The van der Waals surface area contributed by atoms with Crippen molar-refractivity contribution in [1.82, 2.24) is 10.3 Å². The molecule has 68 valence electrons. The van der Waals surface area contributed by atoms with E-state index in [-0.39, 0.29) is 5.91 Å². The molecular formula is C9H10N2O2. The normalized spacial score (nSPS) is 9.23. The molecule has 0 aromatic carbocycles. The number of nitrogens with one attached hydrogen (secondary N) is 2. The van der Waals surface area contributed by atoms with Crippen molar-refractivity contribution in [2.24, 2.45) is 0 Å². The van der Waals surface area contributed by atoms with E-state index in [1.54, 1.807) is 6.08 Å². The molecule has 1 heterocycles. The van der Waals surface area contributed by atoms with Crippen LogP contribution in [-0.2, 0) is 0 Å². The van der Waals surface area contributed by atoms with Gasteiger partial charge in [0.2, 0.25) is 0 Å². The Kier molecular flexibility index (Phi) is 3.03. The van der Waals surface area contributed by atoms with Gasteiger partial charge in [-0.2, -0.15) is 0 Å².